The van der Waals surface area contributed by atoms with Crippen LogP contribution in [0.1, 0.15) is 24.9 Å². The topological polar surface area (TPSA) is 66.4 Å². The maximum atomic E-state index is 12.3. The number of hydrogen-bond acceptors (Lipinski definition) is 3. The molecule has 0 amide bonds. The lowest BCUT2D eigenvalue weighted by atomic mass is 10.1. The van der Waals surface area contributed by atoms with Gasteiger partial charge >= 0.3 is 0 Å². The van der Waals surface area contributed by atoms with E-state index in [4.69, 9.17) is 0 Å². The van der Waals surface area contributed by atoms with E-state index in [1.807, 2.05) is 37.3 Å². The van der Waals surface area contributed by atoms with Gasteiger partial charge in [0.1, 0.15) is 10.6 Å². The summed E-state index contributed by atoms with van der Waals surface area (Å²) < 4.78 is 27.3. The molecular weight excluding hydrogens is 274 g/mol. The minimum Gasteiger partial charge on any atom is -0.507 e. The lowest BCUT2D eigenvalue weighted by molar-refractivity contribution is 0.456. The van der Waals surface area contributed by atoms with Gasteiger partial charge in [0.05, 0.1) is 0 Å². The Bertz CT molecular complexity index is 669. The molecule has 2 aromatic rings. The molecule has 5 heteroatoms. The molecule has 20 heavy (non-hydrogen) atoms. The maximum absolute atomic E-state index is 12.3. The fourth-order valence-corrected chi connectivity index (χ4v) is 3.41. The summed E-state index contributed by atoms with van der Waals surface area (Å²) >= 11 is 0. The number of rotatable bonds is 5. The molecule has 2 rings (SSSR count). The lowest BCUT2D eigenvalue weighted by Crippen LogP contribution is -2.28. The van der Waals surface area contributed by atoms with E-state index in [-0.39, 0.29) is 16.7 Å². The van der Waals surface area contributed by atoms with Gasteiger partial charge in [-0.15, -0.1) is 0 Å². The number of hydrogen-bond donors (Lipinski definition) is 2. The van der Waals surface area contributed by atoms with Crippen molar-refractivity contribution in [1.29, 1.82) is 0 Å². The van der Waals surface area contributed by atoms with Crippen LogP contribution in [0.5, 0.6) is 5.75 Å². The van der Waals surface area contributed by atoms with Gasteiger partial charge in [-0.1, -0.05) is 49.4 Å². The number of phenols is 1. The molecule has 0 fully saturated rings. The zero-order chi connectivity index (χ0) is 14.6. The molecule has 0 saturated carbocycles. The molecular formula is C15H17NO3S. The van der Waals surface area contributed by atoms with Gasteiger partial charge in [-0.25, -0.2) is 13.1 Å². The van der Waals surface area contributed by atoms with E-state index in [0.29, 0.717) is 6.42 Å². The van der Waals surface area contributed by atoms with Crippen LogP contribution in [0.15, 0.2) is 59.5 Å². The molecule has 0 aliphatic rings. The van der Waals surface area contributed by atoms with Crippen molar-refractivity contribution < 1.29 is 13.5 Å². The van der Waals surface area contributed by atoms with E-state index in [9.17, 15) is 13.5 Å². The van der Waals surface area contributed by atoms with Crippen LogP contribution < -0.4 is 4.72 Å². The van der Waals surface area contributed by atoms with Crippen LogP contribution in [0.2, 0.25) is 0 Å². The Balaban J connectivity index is 2.30. The van der Waals surface area contributed by atoms with E-state index in [1.54, 1.807) is 12.1 Å². The number of nitrogens with one attached hydrogen (secondary N) is 1. The van der Waals surface area contributed by atoms with E-state index in [0.717, 1.165) is 5.56 Å². The average molecular weight is 291 g/mol. The Morgan fingerprint density at radius 2 is 1.65 bits per heavy atom. The molecule has 1 unspecified atom stereocenters. The molecule has 4 nitrogen and oxygen atoms in total. The molecule has 0 spiro atoms. The van der Waals surface area contributed by atoms with Crippen molar-refractivity contribution in [1.82, 2.24) is 4.72 Å². The van der Waals surface area contributed by atoms with Crippen molar-refractivity contribution in [2.24, 2.45) is 0 Å². The summed E-state index contributed by atoms with van der Waals surface area (Å²) in [5.74, 6) is -0.247. The Hall–Kier alpha value is -1.85. The van der Waals surface area contributed by atoms with Crippen molar-refractivity contribution in [3.05, 3.63) is 60.2 Å². The molecule has 2 aromatic carbocycles. The van der Waals surface area contributed by atoms with Crippen molar-refractivity contribution in [2.75, 3.05) is 0 Å². The predicted molar refractivity (Wildman–Crippen MR) is 77.9 cm³/mol. The minimum atomic E-state index is -3.75. The summed E-state index contributed by atoms with van der Waals surface area (Å²) in [6.45, 7) is 1.91. The maximum Gasteiger partial charge on any atom is 0.244 e. The van der Waals surface area contributed by atoms with Crippen LogP contribution >= 0.6 is 0 Å². The smallest absolute Gasteiger partial charge is 0.244 e. The zero-order valence-electron chi connectivity index (χ0n) is 11.2. The second kappa shape index (κ2) is 6.07. The van der Waals surface area contributed by atoms with Gasteiger partial charge in [0.2, 0.25) is 10.0 Å². The SMILES string of the molecule is CCC(NS(=O)(=O)c1ccccc1O)c1ccccc1. The van der Waals surface area contributed by atoms with Crippen LogP contribution in [0, 0.1) is 0 Å². The molecule has 0 aliphatic carbocycles. The van der Waals surface area contributed by atoms with E-state index in [2.05, 4.69) is 4.72 Å². The highest BCUT2D eigenvalue weighted by Gasteiger charge is 2.22. The first-order valence-electron chi connectivity index (χ1n) is 6.40. The molecule has 106 valence electrons. The third-order valence-electron chi connectivity index (χ3n) is 3.06. The Morgan fingerprint density at radius 1 is 1.05 bits per heavy atom. The molecule has 0 aliphatic heterocycles. The first-order valence-corrected chi connectivity index (χ1v) is 7.88. The second-order valence-electron chi connectivity index (χ2n) is 4.46. The fourth-order valence-electron chi connectivity index (χ4n) is 2.01. The summed E-state index contributed by atoms with van der Waals surface area (Å²) in [5.41, 5.74) is 0.897. The number of aromatic hydroxyl groups is 1. The van der Waals surface area contributed by atoms with Crippen molar-refractivity contribution in [3.8, 4) is 5.75 Å². The third kappa shape index (κ3) is 3.18. The van der Waals surface area contributed by atoms with Gasteiger partial charge in [0, 0.05) is 6.04 Å². The highest BCUT2D eigenvalue weighted by molar-refractivity contribution is 7.89. The summed E-state index contributed by atoms with van der Waals surface area (Å²) in [4.78, 5) is -0.102. The quantitative estimate of drug-likeness (QED) is 0.890. The van der Waals surface area contributed by atoms with Gasteiger partial charge in [0.15, 0.2) is 0 Å². The van der Waals surface area contributed by atoms with Crippen LogP contribution in [-0.4, -0.2) is 13.5 Å². The normalized spacial score (nSPS) is 13.1. The van der Waals surface area contributed by atoms with Crippen molar-refractivity contribution in [2.45, 2.75) is 24.3 Å². The van der Waals surface area contributed by atoms with Gasteiger partial charge in [-0.2, -0.15) is 0 Å². The van der Waals surface area contributed by atoms with E-state index in [1.165, 1.54) is 12.1 Å². The highest BCUT2D eigenvalue weighted by atomic mass is 32.2. The zero-order valence-corrected chi connectivity index (χ0v) is 12.0. The molecule has 0 saturated heterocycles. The summed E-state index contributed by atoms with van der Waals surface area (Å²) in [6, 6.07) is 15.0. The van der Waals surface area contributed by atoms with Crippen LogP contribution in [0.25, 0.3) is 0 Å². The van der Waals surface area contributed by atoms with Gasteiger partial charge in [0.25, 0.3) is 0 Å². The second-order valence-corrected chi connectivity index (χ2v) is 6.14. The van der Waals surface area contributed by atoms with Gasteiger partial charge in [-0.3, -0.25) is 0 Å². The first kappa shape index (κ1) is 14.6. The van der Waals surface area contributed by atoms with Crippen LogP contribution in [-0.2, 0) is 10.0 Å². The third-order valence-corrected chi connectivity index (χ3v) is 4.58. The predicted octanol–water partition coefficient (Wildman–Crippen LogP) is 2.82. The molecule has 2 N–H and O–H groups in total. The van der Waals surface area contributed by atoms with Gasteiger partial charge < -0.3 is 5.11 Å². The summed E-state index contributed by atoms with van der Waals surface area (Å²) in [6.07, 6.45) is 0.622. The molecule has 0 aromatic heterocycles. The average Bonchev–Trinajstić information content (AvgIpc) is 2.46. The minimum absolute atomic E-state index is 0.102. The van der Waals surface area contributed by atoms with Crippen LogP contribution in [0.4, 0.5) is 0 Å². The Labute approximate surface area is 119 Å². The highest BCUT2D eigenvalue weighted by Crippen LogP contribution is 2.25. The Kier molecular flexibility index (Phi) is 4.42. The van der Waals surface area contributed by atoms with E-state index >= 15 is 0 Å². The number of sulfonamides is 1. The Morgan fingerprint density at radius 3 is 2.25 bits per heavy atom. The van der Waals surface area contributed by atoms with Crippen molar-refractivity contribution in [3.63, 3.8) is 0 Å². The molecule has 0 bridgehead atoms. The molecule has 0 heterocycles. The number of phenolic OH excluding ortho intramolecular Hbond substituents is 1. The standard InChI is InChI=1S/C15H17NO3S/c1-2-13(12-8-4-3-5-9-12)16-20(18,19)15-11-7-6-10-14(15)17/h3-11,13,16-17H,2H2,1H3. The summed E-state index contributed by atoms with van der Waals surface area (Å²) in [5, 5.41) is 9.68. The fraction of sp³-hybridized carbons (Fsp3) is 0.200. The summed E-state index contributed by atoms with van der Waals surface area (Å²) in [7, 11) is -3.75. The van der Waals surface area contributed by atoms with Crippen LogP contribution in [0.3, 0.4) is 0 Å². The largest absolute Gasteiger partial charge is 0.507 e. The van der Waals surface area contributed by atoms with Gasteiger partial charge in [-0.05, 0) is 24.1 Å². The lowest BCUT2D eigenvalue weighted by Gasteiger charge is -2.18. The van der Waals surface area contributed by atoms with E-state index < -0.39 is 10.0 Å². The first-order chi connectivity index (χ1) is 9.54. The molecule has 1 atom stereocenters. The number of benzene rings is 2. The number of para-hydroxylation sites is 1. The monoisotopic (exact) mass is 291 g/mol. The molecule has 0 radical (unpaired) electrons. The van der Waals surface area contributed by atoms with Crippen molar-refractivity contribution >= 4 is 10.0 Å².